The second kappa shape index (κ2) is 5.70. The number of aldehydes is 1. The van der Waals surface area contributed by atoms with Crippen molar-refractivity contribution in [3.05, 3.63) is 59.7 Å². The molecule has 0 saturated heterocycles. The molecule has 1 atom stereocenters. The lowest BCUT2D eigenvalue weighted by atomic mass is 9.86. The Balaban J connectivity index is 1.91. The van der Waals surface area contributed by atoms with Crippen molar-refractivity contribution < 1.29 is 30.0 Å². The molecule has 3 aromatic carbocycles. The molecule has 26 heavy (non-hydrogen) atoms. The van der Waals surface area contributed by atoms with E-state index in [1.165, 1.54) is 30.3 Å². The zero-order valence-corrected chi connectivity index (χ0v) is 13.4. The van der Waals surface area contributed by atoms with Crippen molar-refractivity contribution in [3.8, 4) is 45.6 Å². The van der Waals surface area contributed by atoms with Gasteiger partial charge in [0, 0.05) is 11.6 Å². The van der Waals surface area contributed by atoms with Gasteiger partial charge in [0.15, 0.2) is 0 Å². The fraction of sp³-hybridized carbons (Fsp3) is 0.0500. The van der Waals surface area contributed by atoms with Gasteiger partial charge < -0.3 is 30.0 Å². The molecule has 130 valence electrons. The van der Waals surface area contributed by atoms with Crippen molar-refractivity contribution in [3.63, 3.8) is 0 Å². The summed E-state index contributed by atoms with van der Waals surface area (Å²) in [5, 5.41) is 40.1. The minimum absolute atomic E-state index is 0.0879. The molecule has 0 saturated carbocycles. The molecule has 4 rings (SSSR count). The molecular weight excluding hydrogens is 336 g/mol. The molecule has 6 nitrogen and oxygen atoms in total. The van der Waals surface area contributed by atoms with Gasteiger partial charge in [-0.3, -0.25) is 0 Å². The molecule has 1 aliphatic heterocycles. The van der Waals surface area contributed by atoms with Gasteiger partial charge in [0.25, 0.3) is 0 Å². The van der Waals surface area contributed by atoms with E-state index in [4.69, 9.17) is 4.74 Å². The van der Waals surface area contributed by atoms with E-state index in [0.717, 1.165) is 0 Å². The van der Waals surface area contributed by atoms with Gasteiger partial charge in [-0.25, -0.2) is 0 Å². The number of benzene rings is 3. The van der Waals surface area contributed by atoms with E-state index in [2.05, 4.69) is 0 Å². The summed E-state index contributed by atoms with van der Waals surface area (Å²) in [4.78, 5) is 11.7. The third-order valence-electron chi connectivity index (χ3n) is 4.43. The molecule has 6 heteroatoms. The summed E-state index contributed by atoms with van der Waals surface area (Å²) in [5.41, 5.74) is 1.38. The summed E-state index contributed by atoms with van der Waals surface area (Å²) >= 11 is 0. The normalized spacial score (nSPS) is 14.8. The van der Waals surface area contributed by atoms with Crippen LogP contribution in [0.3, 0.4) is 0 Å². The average molecular weight is 350 g/mol. The third-order valence-corrected chi connectivity index (χ3v) is 4.43. The van der Waals surface area contributed by atoms with Crippen LogP contribution in [-0.4, -0.2) is 26.7 Å². The second-order valence-electron chi connectivity index (χ2n) is 6.01. The predicted molar refractivity (Wildman–Crippen MR) is 93.0 cm³/mol. The minimum Gasteiger partial charge on any atom is -0.508 e. The van der Waals surface area contributed by atoms with Crippen molar-refractivity contribution in [1.82, 2.24) is 0 Å². The molecule has 3 aromatic rings. The van der Waals surface area contributed by atoms with E-state index in [-0.39, 0.29) is 34.3 Å². The van der Waals surface area contributed by atoms with Gasteiger partial charge in [0.05, 0.1) is 17.0 Å². The second-order valence-corrected chi connectivity index (χ2v) is 6.01. The maximum absolute atomic E-state index is 11.7. The Morgan fingerprint density at radius 2 is 1.58 bits per heavy atom. The molecule has 1 heterocycles. The van der Waals surface area contributed by atoms with E-state index in [0.29, 0.717) is 28.7 Å². The van der Waals surface area contributed by atoms with Gasteiger partial charge in [-0.2, -0.15) is 0 Å². The maximum Gasteiger partial charge on any atom is 0.136 e. The monoisotopic (exact) mass is 350 g/mol. The summed E-state index contributed by atoms with van der Waals surface area (Å²) in [6.45, 7) is 0. The van der Waals surface area contributed by atoms with Crippen LogP contribution in [0.1, 0.15) is 17.0 Å². The van der Waals surface area contributed by atoms with Gasteiger partial charge >= 0.3 is 0 Å². The smallest absolute Gasteiger partial charge is 0.136 e. The highest BCUT2D eigenvalue weighted by molar-refractivity contribution is 5.82. The lowest BCUT2D eigenvalue weighted by Crippen LogP contribution is -2.12. The van der Waals surface area contributed by atoms with Gasteiger partial charge in [-0.15, -0.1) is 0 Å². The Hall–Kier alpha value is -3.67. The van der Waals surface area contributed by atoms with Gasteiger partial charge in [0.1, 0.15) is 40.8 Å². The SMILES string of the molecule is O=CC1c2c(O)cccc2Oc2cc(-c3ccc(O)cc3O)cc(O)c21. The number of rotatable bonds is 2. The van der Waals surface area contributed by atoms with Gasteiger partial charge in [-0.1, -0.05) is 6.07 Å². The number of phenols is 4. The average Bonchev–Trinajstić information content (AvgIpc) is 2.60. The Morgan fingerprint density at radius 3 is 2.31 bits per heavy atom. The van der Waals surface area contributed by atoms with Gasteiger partial charge in [-0.05, 0) is 42.0 Å². The van der Waals surface area contributed by atoms with Crippen molar-refractivity contribution >= 4 is 6.29 Å². The number of carbonyl (C=O) groups excluding carboxylic acids is 1. The molecular formula is C20H14O6. The molecule has 1 unspecified atom stereocenters. The molecule has 0 aromatic heterocycles. The number of carbonyl (C=O) groups is 1. The Morgan fingerprint density at radius 1 is 0.808 bits per heavy atom. The highest BCUT2D eigenvalue weighted by Crippen LogP contribution is 2.51. The Kier molecular flexibility index (Phi) is 3.47. The molecule has 0 fully saturated rings. The van der Waals surface area contributed by atoms with Crippen LogP contribution in [-0.2, 0) is 4.79 Å². The summed E-state index contributed by atoms with van der Waals surface area (Å²) in [7, 11) is 0. The Bertz CT molecular complexity index is 1040. The maximum atomic E-state index is 11.7. The topological polar surface area (TPSA) is 107 Å². The van der Waals surface area contributed by atoms with E-state index in [9.17, 15) is 25.2 Å². The molecule has 0 bridgehead atoms. The summed E-state index contributed by atoms with van der Waals surface area (Å²) in [6.07, 6.45) is 0.636. The van der Waals surface area contributed by atoms with Crippen LogP contribution in [0.25, 0.3) is 11.1 Å². The zero-order valence-electron chi connectivity index (χ0n) is 13.4. The van der Waals surface area contributed by atoms with Crippen molar-refractivity contribution in [2.24, 2.45) is 0 Å². The number of phenolic OH excluding ortho intramolecular Hbond substituents is 4. The van der Waals surface area contributed by atoms with Crippen LogP contribution >= 0.6 is 0 Å². The third kappa shape index (κ3) is 2.31. The van der Waals surface area contributed by atoms with Crippen LogP contribution in [0.2, 0.25) is 0 Å². The lowest BCUT2D eigenvalue weighted by molar-refractivity contribution is -0.108. The van der Waals surface area contributed by atoms with Crippen molar-refractivity contribution in [1.29, 1.82) is 0 Å². The fourth-order valence-electron chi connectivity index (χ4n) is 3.26. The number of ether oxygens (including phenoxy) is 1. The van der Waals surface area contributed by atoms with Crippen LogP contribution < -0.4 is 4.74 Å². The Labute approximate surface area is 148 Å². The van der Waals surface area contributed by atoms with Gasteiger partial charge in [0.2, 0.25) is 0 Å². The largest absolute Gasteiger partial charge is 0.508 e. The first-order valence-corrected chi connectivity index (χ1v) is 7.84. The highest BCUT2D eigenvalue weighted by Gasteiger charge is 2.32. The van der Waals surface area contributed by atoms with E-state index in [1.54, 1.807) is 18.2 Å². The van der Waals surface area contributed by atoms with Crippen LogP contribution in [0.15, 0.2) is 48.5 Å². The van der Waals surface area contributed by atoms with E-state index < -0.39 is 5.92 Å². The fourth-order valence-corrected chi connectivity index (χ4v) is 3.26. The number of fused-ring (bicyclic) bond motifs is 2. The first-order chi connectivity index (χ1) is 12.5. The highest BCUT2D eigenvalue weighted by atomic mass is 16.5. The van der Waals surface area contributed by atoms with E-state index in [1.807, 2.05) is 0 Å². The van der Waals surface area contributed by atoms with Crippen LogP contribution in [0.5, 0.6) is 34.5 Å². The first kappa shape index (κ1) is 15.8. The van der Waals surface area contributed by atoms with Crippen molar-refractivity contribution in [2.45, 2.75) is 5.92 Å². The lowest BCUT2D eigenvalue weighted by Gasteiger charge is -2.26. The molecule has 0 radical (unpaired) electrons. The molecule has 4 N–H and O–H groups in total. The first-order valence-electron chi connectivity index (χ1n) is 7.84. The molecule has 0 amide bonds. The van der Waals surface area contributed by atoms with Crippen molar-refractivity contribution in [2.75, 3.05) is 0 Å². The van der Waals surface area contributed by atoms with E-state index >= 15 is 0 Å². The predicted octanol–water partition coefficient (Wildman–Crippen LogP) is 3.61. The van der Waals surface area contributed by atoms with Crippen LogP contribution in [0.4, 0.5) is 0 Å². The quantitative estimate of drug-likeness (QED) is 0.526. The summed E-state index contributed by atoms with van der Waals surface area (Å²) in [5.74, 6) is -0.845. The molecule has 0 aliphatic carbocycles. The zero-order chi connectivity index (χ0) is 18.4. The molecule has 0 spiro atoms. The molecule has 1 aliphatic rings. The standard InChI is InChI=1S/C20H14O6/c21-9-13-19-14(23)2-1-3-17(19)26-18-7-10(6-16(25)20(13)18)12-5-4-11(22)8-15(12)24/h1-9,13,22-25H. The number of hydrogen-bond acceptors (Lipinski definition) is 6. The van der Waals surface area contributed by atoms with Crippen LogP contribution in [0, 0.1) is 0 Å². The summed E-state index contributed by atoms with van der Waals surface area (Å²) in [6, 6.07) is 11.8. The number of aromatic hydroxyl groups is 4. The summed E-state index contributed by atoms with van der Waals surface area (Å²) < 4.78 is 5.79. The number of hydrogen-bond donors (Lipinski definition) is 4. The minimum atomic E-state index is -0.877.